The van der Waals surface area contributed by atoms with Gasteiger partial charge in [-0.3, -0.25) is 0 Å². The maximum Gasteiger partial charge on any atom is 0.326 e. The summed E-state index contributed by atoms with van der Waals surface area (Å²) in [5, 5.41) is 24.5. The predicted octanol–water partition coefficient (Wildman–Crippen LogP) is 0.800. The standard InChI is InChI=1S/C10H12N2O4S/c13-7-3-8(9(14)15)12(4-7)10(16)11-6-1-2-17-5-6/h1-2,5,7-8,13H,3-4H2,(H,11,16)(H,14,15)/t7-,8+/m1/s1. The van der Waals surface area contributed by atoms with Crippen LogP contribution in [0.3, 0.4) is 0 Å². The number of carbonyl (C=O) groups excluding carboxylic acids is 1. The first kappa shape index (κ1) is 11.9. The first-order valence-electron chi connectivity index (χ1n) is 5.08. The van der Waals surface area contributed by atoms with Gasteiger partial charge in [0.1, 0.15) is 6.04 Å². The minimum atomic E-state index is -1.10. The molecule has 2 heterocycles. The monoisotopic (exact) mass is 256 g/mol. The molecule has 2 rings (SSSR count). The van der Waals surface area contributed by atoms with E-state index in [4.69, 9.17) is 5.11 Å². The zero-order valence-electron chi connectivity index (χ0n) is 8.87. The van der Waals surface area contributed by atoms with Gasteiger partial charge in [-0.05, 0) is 11.4 Å². The normalized spacial score (nSPS) is 23.7. The first-order valence-corrected chi connectivity index (χ1v) is 6.03. The van der Waals surface area contributed by atoms with Crippen LogP contribution in [-0.4, -0.2) is 45.8 Å². The van der Waals surface area contributed by atoms with Gasteiger partial charge >= 0.3 is 12.0 Å². The van der Waals surface area contributed by atoms with Crippen LogP contribution < -0.4 is 5.32 Å². The fourth-order valence-electron chi connectivity index (χ4n) is 1.80. The Kier molecular flexibility index (Phi) is 3.30. The summed E-state index contributed by atoms with van der Waals surface area (Å²) in [6.07, 6.45) is -0.698. The van der Waals surface area contributed by atoms with Gasteiger partial charge < -0.3 is 20.4 Å². The van der Waals surface area contributed by atoms with E-state index in [0.29, 0.717) is 5.69 Å². The Bertz CT molecular complexity index is 420. The number of β-amino-alcohol motifs (C(OH)–C–C–N with tert-alkyl or cyclic N) is 1. The summed E-state index contributed by atoms with van der Waals surface area (Å²) in [6.45, 7) is 0.0485. The van der Waals surface area contributed by atoms with Crippen molar-refractivity contribution in [3.05, 3.63) is 16.8 Å². The second kappa shape index (κ2) is 4.72. The number of carboxylic acid groups (broad SMARTS) is 1. The van der Waals surface area contributed by atoms with Gasteiger partial charge in [0, 0.05) is 18.3 Å². The van der Waals surface area contributed by atoms with Crippen molar-refractivity contribution in [3.8, 4) is 0 Å². The molecule has 2 atom stereocenters. The summed E-state index contributed by atoms with van der Waals surface area (Å²) in [6, 6.07) is 0.279. The highest BCUT2D eigenvalue weighted by molar-refractivity contribution is 7.08. The van der Waals surface area contributed by atoms with Crippen molar-refractivity contribution >= 4 is 29.0 Å². The van der Waals surface area contributed by atoms with Gasteiger partial charge in [0.15, 0.2) is 0 Å². The van der Waals surface area contributed by atoms with Crippen LogP contribution in [0.5, 0.6) is 0 Å². The van der Waals surface area contributed by atoms with Crippen LogP contribution >= 0.6 is 11.3 Å². The lowest BCUT2D eigenvalue weighted by Gasteiger charge is -2.21. The maximum atomic E-state index is 11.8. The third-order valence-electron chi connectivity index (χ3n) is 2.60. The Morgan fingerprint density at radius 1 is 1.53 bits per heavy atom. The molecule has 0 aliphatic carbocycles. The van der Waals surface area contributed by atoms with Crippen molar-refractivity contribution in [1.82, 2.24) is 4.90 Å². The number of rotatable bonds is 2. The van der Waals surface area contributed by atoms with Crippen molar-refractivity contribution in [2.45, 2.75) is 18.6 Å². The molecule has 1 aliphatic rings. The van der Waals surface area contributed by atoms with Crippen molar-refractivity contribution in [2.24, 2.45) is 0 Å². The van der Waals surface area contributed by atoms with E-state index in [1.165, 1.54) is 11.3 Å². The Balaban J connectivity index is 2.05. The molecule has 7 heteroatoms. The number of aliphatic hydroxyl groups excluding tert-OH is 1. The van der Waals surface area contributed by atoms with Crippen LogP contribution in [0.1, 0.15) is 6.42 Å². The van der Waals surface area contributed by atoms with E-state index in [2.05, 4.69) is 5.32 Å². The highest BCUT2D eigenvalue weighted by Gasteiger charge is 2.38. The number of aliphatic carboxylic acids is 1. The largest absolute Gasteiger partial charge is 0.480 e. The summed E-state index contributed by atoms with van der Waals surface area (Å²) < 4.78 is 0. The van der Waals surface area contributed by atoms with Gasteiger partial charge in [0.25, 0.3) is 0 Å². The van der Waals surface area contributed by atoms with Crippen molar-refractivity contribution in [3.63, 3.8) is 0 Å². The second-order valence-electron chi connectivity index (χ2n) is 3.84. The number of amides is 2. The number of likely N-dealkylation sites (tertiary alicyclic amines) is 1. The number of carbonyl (C=O) groups is 2. The Hall–Kier alpha value is -1.60. The molecular formula is C10H12N2O4S. The molecule has 1 aliphatic heterocycles. The number of hydrogen-bond acceptors (Lipinski definition) is 4. The van der Waals surface area contributed by atoms with Crippen molar-refractivity contribution in [1.29, 1.82) is 0 Å². The van der Waals surface area contributed by atoms with Crippen molar-refractivity contribution < 1.29 is 19.8 Å². The summed E-state index contributed by atoms with van der Waals surface area (Å²) in [4.78, 5) is 23.9. The molecule has 0 aromatic carbocycles. The quantitative estimate of drug-likeness (QED) is 0.730. The average Bonchev–Trinajstić information content (AvgIpc) is 2.86. The topological polar surface area (TPSA) is 89.9 Å². The van der Waals surface area contributed by atoms with Crippen LogP contribution in [0.2, 0.25) is 0 Å². The van der Waals surface area contributed by atoms with Crippen LogP contribution in [0.25, 0.3) is 0 Å². The third-order valence-corrected chi connectivity index (χ3v) is 3.28. The van der Waals surface area contributed by atoms with E-state index in [9.17, 15) is 14.7 Å². The molecule has 2 amide bonds. The lowest BCUT2D eigenvalue weighted by Crippen LogP contribution is -2.42. The molecule has 0 saturated carbocycles. The summed E-state index contributed by atoms with van der Waals surface area (Å²) in [7, 11) is 0. The highest BCUT2D eigenvalue weighted by Crippen LogP contribution is 2.20. The fraction of sp³-hybridized carbons (Fsp3) is 0.400. The number of carboxylic acids is 1. The molecule has 1 aromatic rings. The van der Waals surface area contributed by atoms with Gasteiger partial charge in [-0.25, -0.2) is 9.59 Å². The van der Waals surface area contributed by atoms with E-state index >= 15 is 0 Å². The third kappa shape index (κ3) is 2.56. The zero-order valence-corrected chi connectivity index (χ0v) is 9.68. The Morgan fingerprint density at radius 2 is 2.29 bits per heavy atom. The molecule has 0 bridgehead atoms. The lowest BCUT2D eigenvalue weighted by atomic mass is 10.2. The van der Waals surface area contributed by atoms with Gasteiger partial charge in [0.2, 0.25) is 0 Å². The molecule has 92 valence electrons. The minimum absolute atomic E-state index is 0.0485. The van der Waals surface area contributed by atoms with Crippen LogP contribution in [0, 0.1) is 0 Å². The summed E-state index contributed by atoms with van der Waals surface area (Å²) >= 11 is 1.43. The van der Waals surface area contributed by atoms with E-state index in [-0.39, 0.29) is 13.0 Å². The number of urea groups is 1. The van der Waals surface area contributed by atoms with Crippen LogP contribution in [0.4, 0.5) is 10.5 Å². The number of thiophene rings is 1. The Labute approximate surface area is 101 Å². The van der Waals surface area contributed by atoms with Gasteiger partial charge in [-0.1, -0.05) is 0 Å². The lowest BCUT2D eigenvalue weighted by molar-refractivity contribution is -0.141. The van der Waals surface area contributed by atoms with Gasteiger partial charge in [-0.2, -0.15) is 11.3 Å². The number of anilines is 1. The fourth-order valence-corrected chi connectivity index (χ4v) is 2.39. The molecular weight excluding hydrogens is 244 g/mol. The predicted molar refractivity (Wildman–Crippen MR) is 62.1 cm³/mol. The van der Waals surface area contributed by atoms with E-state index < -0.39 is 24.1 Å². The zero-order chi connectivity index (χ0) is 12.4. The molecule has 1 aromatic heterocycles. The summed E-state index contributed by atoms with van der Waals surface area (Å²) in [5.41, 5.74) is 0.630. The van der Waals surface area contributed by atoms with Gasteiger partial charge in [0.05, 0.1) is 11.8 Å². The van der Waals surface area contributed by atoms with E-state index in [0.717, 1.165) is 4.90 Å². The SMILES string of the molecule is O=C(O)[C@@H]1C[C@@H](O)CN1C(=O)Nc1ccsc1. The minimum Gasteiger partial charge on any atom is -0.480 e. The smallest absolute Gasteiger partial charge is 0.326 e. The molecule has 17 heavy (non-hydrogen) atoms. The number of nitrogens with zero attached hydrogens (tertiary/aromatic N) is 1. The molecule has 0 unspecified atom stereocenters. The number of nitrogens with one attached hydrogen (secondary N) is 1. The second-order valence-corrected chi connectivity index (χ2v) is 4.62. The number of hydrogen-bond donors (Lipinski definition) is 3. The molecule has 6 nitrogen and oxygen atoms in total. The summed E-state index contributed by atoms with van der Waals surface area (Å²) in [5.74, 6) is -1.10. The maximum absolute atomic E-state index is 11.8. The molecule has 0 radical (unpaired) electrons. The van der Waals surface area contributed by atoms with E-state index in [1.807, 2.05) is 5.38 Å². The highest BCUT2D eigenvalue weighted by atomic mass is 32.1. The molecule has 1 saturated heterocycles. The molecule has 0 spiro atoms. The number of aliphatic hydroxyl groups is 1. The molecule has 3 N–H and O–H groups in total. The Morgan fingerprint density at radius 3 is 2.88 bits per heavy atom. The molecule has 1 fully saturated rings. The van der Waals surface area contributed by atoms with Gasteiger partial charge in [-0.15, -0.1) is 0 Å². The first-order chi connectivity index (χ1) is 8.08. The van der Waals surface area contributed by atoms with Crippen molar-refractivity contribution in [2.75, 3.05) is 11.9 Å². The average molecular weight is 256 g/mol. The van der Waals surface area contributed by atoms with Crippen LogP contribution in [0.15, 0.2) is 16.8 Å². The van der Waals surface area contributed by atoms with E-state index in [1.54, 1.807) is 11.4 Å². The van der Waals surface area contributed by atoms with Crippen LogP contribution in [-0.2, 0) is 4.79 Å².